The van der Waals surface area contributed by atoms with Crippen LogP contribution in [0.1, 0.15) is 24.1 Å². The Balaban J connectivity index is 1.40. The summed E-state index contributed by atoms with van der Waals surface area (Å²) in [6, 6.07) is 7.89. The van der Waals surface area contributed by atoms with E-state index < -0.39 is 0 Å². The van der Waals surface area contributed by atoms with Crippen LogP contribution in [-0.4, -0.2) is 38.9 Å². The van der Waals surface area contributed by atoms with E-state index in [0.717, 1.165) is 54.9 Å². The number of hydrogen-bond acceptors (Lipinski definition) is 4. The molecule has 4 rings (SSSR count). The monoisotopic (exact) mass is 352 g/mol. The molecule has 1 N–H and O–H groups in total. The molecule has 0 spiro atoms. The number of rotatable bonds is 4. The van der Waals surface area contributed by atoms with E-state index in [4.69, 9.17) is 4.74 Å². The molecule has 26 heavy (non-hydrogen) atoms. The van der Waals surface area contributed by atoms with Gasteiger partial charge in [-0.05, 0) is 55.0 Å². The Bertz CT molecular complexity index is 967. The van der Waals surface area contributed by atoms with Gasteiger partial charge < -0.3 is 9.72 Å². The van der Waals surface area contributed by atoms with Gasteiger partial charge in [-0.15, -0.1) is 0 Å². The Morgan fingerprint density at radius 2 is 2.08 bits per heavy atom. The molecule has 0 unspecified atom stereocenters. The number of hydrogen-bond donors (Lipinski definition) is 1. The van der Waals surface area contributed by atoms with Crippen LogP contribution in [0.2, 0.25) is 0 Å². The summed E-state index contributed by atoms with van der Waals surface area (Å²) >= 11 is 0. The number of benzene rings is 1. The van der Waals surface area contributed by atoms with Gasteiger partial charge >= 0.3 is 0 Å². The maximum Gasteiger partial charge on any atom is 0.255 e. The van der Waals surface area contributed by atoms with E-state index in [9.17, 15) is 4.79 Å². The SMILES string of the molecule is Cc1cc2c(=O)[nH]ccc2cc1OC1CCN(Cc2ccn(C)n2)CC1. The predicted octanol–water partition coefficient (Wildman–Crippen LogP) is 2.61. The zero-order valence-electron chi connectivity index (χ0n) is 15.2. The number of aryl methyl sites for hydroxylation is 2. The van der Waals surface area contributed by atoms with E-state index in [-0.39, 0.29) is 11.7 Å². The molecular formula is C20H24N4O2. The number of piperidine rings is 1. The number of pyridine rings is 1. The number of likely N-dealkylation sites (tertiary alicyclic amines) is 1. The summed E-state index contributed by atoms with van der Waals surface area (Å²) in [5, 5.41) is 6.08. The predicted molar refractivity (Wildman–Crippen MR) is 101 cm³/mol. The lowest BCUT2D eigenvalue weighted by molar-refractivity contribution is 0.0956. The third-order valence-electron chi connectivity index (χ3n) is 5.05. The van der Waals surface area contributed by atoms with Gasteiger partial charge in [0.25, 0.3) is 5.56 Å². The Labute approximate surface area is 152 Å². The van der Waals surface area contributed by atoms with Crippen molar-refractivity contribution < 1.29 is 4.74 Å². The van der Waals surface area contributed by atoms with Crippen LogP contribution in [0.5, 0.6) is 5.75 Å². The van der Waals surface area contributed by atoms with E-state index in [2.05, 4.69) is 21.0 Å². The van der Waals surface area contributed by atoms with Crippen LogP contribution in [0.4, 0.5) is 0 Å². The summed E-state index contributed by atoms with van der Waals surface area (Å²) < 4.78 is 8.12. The van der Waals surface area contributed by atoms with E-state index >= 15 is 0 Å². The Kier molecular flexibility index (Phi) is 4.51. The molecule has 1 aromatic carbocycles. The second-order valence-corrected chi connectivity index (χ2v) is 7.09. The largest absolute Gasteiger partial charge is 0.490 e. The molecule has 3 aromatic rings. The third-order valence-corrected chi connectivity index (χ3v) is 5.05. The second-order valence-electron chi connectivity index (χ2n) is 7.09. The highest BCUT2D eigenvalue weighted by Gasteiger charge is 2.22. The van der Waals surface area contributed by atoms with Gasteiger partial charge in [0.1, 0.15) is 11.9 Å². The zero-order valence-corrected chi connectivity index (χ0v) is 15.2. The van der Waals surface area contributed by atoms with Crippen molar-refractivity contribution in [3.63, 3.8) is 0 Å². The molecule has 0 amide bonds. The van der Waals surface area contributed by atoms with Crippen molar-refractivity contribution in [3.05, 3.63) is 58.3 Å². The molecule has 1 aliphatic rings. The average molecular weight is 352 g/mol. The van der Waals surface area contributed by atoms with E-state index in [0.29, 0.717) is 5.39 Å². The molecule has 1 saturated heterocycles. The number of H-pyrrole nitrogens is 1. The zero-order chi connectivity index (χ0) is 18.1. The smallest absolute Gasteiger partial charge is 0.255 e. The minimum atomic E-state index is -0.0556. The fraction of sp³-hybridized carbons (Fsp3) is 0.400. The van der Waals surface area contributed by atoms with Crippen molar-refractivity contribution >= 4 is 10.8 Å². The summed E-state index contributed by atoms with van der Waals surface area (Å²) in [5.41, 5.74) is 2.06. The summed E-state index contributed by atoms with van der Waals surface area (Å²) in [6.07, 6.45) is 5.88. The van der Waals surface area contributed by atoms with E-state index in [1.165, 1.54) is 0 Å². The molecule has 6 heteroatoms. The lowest BCUT2D eigenvalue weighted by Crippen LogP contribution is -2.38. The van der Waals surface area contributed by atoms with Crippen molar-refractivity contribution in [2.75, 3.05) is 13.1 Å². The minimum Gasteiger partial charge on any atom is -0.490 e. The number of aromatic nitrogens is 3. The molecule has 0 radical (unpaired) electrons. The molecule has 0 saturated carbocycles. The van der Waals surface area contributed by atoms with Crippen LogP contribution < -0.4 is 10.3 Å². The highest BCUT2D eigenvalue weighted by Crippen LogP contribution is 2.27. The van der Waals surface area contributed by atoms with E-state index in [1.807, 2.05) is 43.0 Å². The van der Waals surface area contributed by atoms with Crippen LogP contribution in [0.3, 0.4) is 0 Å². The first kappa shape index (κ1) is 16.8. The van der Waals surface area contributed by atoms with Crippen molar-refractivity contribution in [1.29, 1.82) is 0 Å². The van der Waals surface area contributed by atoms with Crippen LogP contribution in [0.25, 0.3) is 10.8 Å². The van der Waals surface area contributed by atoms with Crippen LogP contribution in [0.15, 0.2) is 41.5 Å². The summed E-state index contributed by atoms with van der Waals surface area (Å²) in [7, 11) is 1.95. The third kappa shape index (κ3) is 3.51. The van der Waals surface area contributed by atoms with Gasteiger partial charge in [-0.3, -0.25) is 14.4 Å². The number of nitrogens with one attached hydrogen (secondary N) is 1. The first-order valence-corrected chi connectivity index (χ1v) is 9.08. The topological polar surface area (TPSA) is 63.2 Å². The fourth-order valence-electron chi connectivity index (χ4n) is 3.59. The van der Waals surface area contributed by atoms with Gasteiger partial charge in [-0.2, -0.15) is 5.10 Å². The maximum atomic E-state index is 11.9. The summed E-state index contributed by atoms with van der Waals surface area (Å²) in [4.78, 5) is 17.1. The molecule has 2 aromatic heterocycles. The van der Waals surface area contributed by atoms with Crippen molar-refractivity contribution in [2.24, 2.45) is 7.05 Å². The van der Waals surface area contributed by atoms with Crippen LogP contribution >= 0.6 is 0 Å². The number of aromatic amines is 1. The van der Waals surface area contributed by atoms with Crippen LogP contribution in [0, 0.1) is 6.92 Å². The summed E-state index contributed by atoms with van der Waals surface area (Å²) in [6.45, 7) is 4.91. The second kappa shape index (κ2) is 6.96. The highest BCUT2D eigenvalue weighted by molar-refractivity contribution is 5.83. The van der Waals surface area contributed by atoms with Gasteiger partial charge in [-0.25, -0.2) is 0 Å². The Hall–Kier alpha value is -2.60. The average Bonchev–Trinajstić information content (AvgIpc) is 3.03. The lowest BCUT2D eigenvalue weighted by atomic mass is 10.1. The summed E-state index contributed by atoms with van der Waals surface area (Å²) in [5.74, 6) is 0.881. The number of nitrogens with zero attached hydrogens (tertiary/aromatic N) is 3. The van der Waals surface area contributed by atoms with Crippen molar-refractivity contribution in [1.82, 2.24) is 19.7 Å². The number of ether oxygens (including phenoxy) is 1. The molecule has 136 valence electrons. The van der Waals surface area contributed by atoms with Crippen molar-refractivity contribution in [3.8, 4) is 5.75 Å². The molecule has 1 fully saturated rings. The molecule has 3 heterocycles. The molecule has 0 aliphatic carbocycles. The van der Waals surface area contributed by atoms with Gasteiger partial charge in [0.15, 0.2) is 0 Å². The Morgan fingerprint density at radius 3 is 2.81 bits per heavy atom. The quantitative estimate of drug-likeness (QED) is 0.784. The fourth-order valence-corrected chi connectivity index (χ4v) is 3.59. The van der Waals surface area contributed by atoms with Gasteiger partial charge in [0.2, 0.25) is 0 Å². The van der Waals surface area contributed by atoms with Gasteiger partial charge in [0, 0.05) is 44.5 Å². The molecule has 6 nitrogen and oxygen atoms in total. The van der Waals surface area contributed by atoms with Crippen molar-refractivity contribution in [2.45, 2.75) is 32.4 Å². The van der Waals surface area contributed by atoms with E-state index in [1.54, 1.807) is 6.20 Å². The Morgan fingerprint density at radius 1 is 1.27 bits per heavy atom. The highest BCUT2D eigenvalue weighted by atomic mass is 16.5. The molecule has 1 aliphatic heterocycles. The molecular weight excluding hydrogens is 328 g/mol. The van der Waals surface area contributed by atoms with Gasteiger partial charge in [-0.1, -0.05) is 0 Å². The first-order valence-electron chi connectivity index (χ1n) is 9.08. The minimum absolute atomic E-state index is 0.0556. The lowest BCUT2D eigenvalue weighted by Gasteiger charge is -2.32. The van der Waals surface area contributed by atoms with Crippen LogP contribution in [-0.2, 0) is 13.6 Å². The van der Waals surface area contributed by atoms with Gasteiger partial charge in [0.05, 0.1) is 5.69 Å². The first-order chi connectivity index (χ1) is 12.6. The normalized spacial score (nSPS) is 16.2. The standard InChI is InChI=1S/C20H24N4O2/c1-14-11-18-15(3-7-21-20(18)25)12-19(14)26-17-5-9-24(10-6-17)13-16-4-8-23(2)22-16/h3-4,7-8,11-12,17H,5-6,9-10,13H2,1-2H3,(H,21,25). The maximum absolute atomic E-state index is 11.9. The molecule has 0 bridgehead atoms. The number of fused-ring (bicyclic) bond motifs is 1. The molecule has 0 atom stereocenters.